The molecule has 0 aliphatic rings. The summed E-state index contributed by atoms with van der Waals surface area (Å²) in [6.45, 7) is 0. The van der Waals surface area contributed by atoms with Crippen LogP contribution < -0.4 is 5.32 Å². The zero-order valence-electron chi connectivity index (χ0n) is 12.6. The molecule has 0 fully saturated rings. The van der Waals surface area contributed by atoms with E-state index in [-0.39, 0.29) is 17.1 Å². The second kappa shape index (κ2) is 6.76. The summed E-state index contributed by atoms with van der Waals surface area (Å²) in [5, 5.41) is 2.65. The zero-order chi connectivity index (χ0) is 18.0. The van der Waals surface area contributed by atoms with Gasteiger partial charge in [-0.3, -0.25) is 4.79 Å². The average Bonchev–Trinajstić information content (AvgIpc) is 3.06. The Morgan fingerprint density at radius 3 is 2.40 bits per heavy atom. The van der Waals surface area contributed by atoms with Gasteiger partial charge in [-0.15, -0.1) is 0 Å². The van der Waals surface area contributed by atoms with Crippen LogP contribution >= 0.6 is 15.9 Å². The van der Waals surface area contributed by atoms with E-state index in [0.717, 1.165) is 16.6 Å². The van der Waals surface area contributed by atoms with Crippen molar-refractivity contribution in [1.29, 1.82) is 0 Å². The summed E-state index contributed by atoms with van der Waals surface area (Å²) < 4.78 is 44.6. The van der Waals surface area contributed by atoms with Gasteiger partial charge in [-0.05, 0) is 48.5 Å². The second-order valence-corrected chi connectivity index (χ2v) is 6.12. The lowest BCUT2D eigenvalue weighted by Gasteiger charge is -2.07. The standard InChI is InChI=1S/C18H11BrF3NO2/c19-13-4-6-14(7-5-13)23-17(24)16-9-8-15(25-16)11-2-1-3-12(10-11)18(20,21)22/h1-10H,(H,23,24). The number of amides is 1. The zero-order valence-corrected chi connectivity index (χ0v) is 14.2. The highest BCUT2D eigenvalue weighted by Crippen LogP contribution is 2.32. The van der Waals surface area contributed by atoms with Crippen molar-refractivity contribution >= 4 is 27.5 Å². The van der Waals surface area contributed by atoms with Gasteiger partial charge < -0.3 is 9.73 Å². The topological polar surface area (TPSA) is 42.2 Å². The number of carbonyl (C=O) groups is 1. The molecule has 3 rings (SSSR count). The van der Waals surface area contributed by atoms with Gasteiger partial charge in [0.1, 0.15) is 5.76 Å². The largest absolute Gasteiger partial charge is 0.451 e. The maximum absolute atomic E-state index is 12.8. The van der Waals surface area contributed by atoms with Crippen molar-refractivity contribution in [3.05, 3.63) is 76.5 Å². The molecule has 25 heavy (non-hydrogen) atoms. The molecule has 0 bridgehead atoms. The Morgan fingerprint density at radius 2 is 1.72 bits per heavy atom. The SMILES string of the molecule is O=C(Nc1ccc(Br)cc1)c1ccc(-c2cccc(C(F)(F)F)c2)o1. The smallest absolute Gasteiger partial charge is 0.416 e. The van der Waals surface area contributed by atoms with Gasteiger partial charge in [0.2, 0.25) is 0 Å². The summed E-state index contributed by atoms with van der Waals surface area (Å²) in [6.07, 6.45) is -4.44. The summed E-state index contributed by atoms with van der Waals surface area (Å²) in [5.41, 5.74) is 0.0463. The van der Waals surface area contributed by atoms with Crippen LogP contribution in [0.15, 0.2) is 69.6 Å². The van der Waals surface area contributed by atoms with E-state index in [4.69, 9.17) is 4.42 Å². The van der Waals surface area contributed by atoms with E-state index in [1.54, 1.807) is 24.3 Å². The molecule has 0 atom stereocenters. The van der Waals surface area contributed by atoms with Gasteiger partial charge in [0.15, 0.2) is 5.76 Å². The Labute approximate surface area is 149 Å². The third kappa shape index (κ3) is 4.11. The number of halogens is 4. The quantitative estimate of drug-likeness (QED) is 0.577. The van der Waals surface area contributed by atoms with Crippen molar-refractivity contribution < 1.29 is 22.4 Å². The van der Waals surface area contributed by atoms with Crippen molar-refractivity contribution in [2.75, 3.05) is 5.32 Å². The van der Waals surface area contributed by atoms with Crippen molar-refractivity contribution in [2.45, 2.75) is 6.18 Å². The molecule has 3 aromatic rings. The molecule has 1 N–H and O–H groups in total. The van der Waals surface area contributed by atoms with Crippen molar-refractivity contribution in [1.82, 2.24) is 0 Å². The van der Waals surface area contributed by atoms with E-state index in [1.807, 2.05) is 0 Å². The normalized spacial score (nSPS) is 11.4. The fourth-order valence-electron chi connectivity index (χ4n) is 2.19. The lowest BCUT2D eigenvalue weighted by Crippen LogP contribution is -2.10. The van der Waals surface area contributed by atoms with Crippen LogP contribution in [-0.2, 0) is 6.18 Å². The van der Waals surface area contributed by atoms with Crippen LogP contribution in [0.3, 0.4) is 0 Å². The van der Waals surface area contributed by atoms with Crippen LogP contribution in [0.1, 0.15) is 16.1 Å². The fourth-order valence-corrected chi connectivity index (χ4v) is 2.45. The maximum atomic E-state index is 12.8. The molecule has 1 heterocycles. The van der Waals surface area contributed by atoms with Gasteiger partial charge in [-0.1, -0.05) is 28.1 Å². The lowest BCUT2D eigenvalue weighted by atomic mass is 10.1. The molecule has 0 radical (unpaired) electrons. The Morgan fingerprint density at radius 1 is 1.00 bits per heavy atom. The molecule has 1 amide bonds. The fraction of sp³-hybridized carbons (Fsp3) is 0.0556. The molecule has 0 spiro atoms. The summed E-state index contributed by atoms with van der Waals surface area (Å²) in [6, 6.07) is 14.6. The van der Waals surface area contributed by atoms with Gasteiger partial charge in [0.25, 0.3) is 5.91 Å². The molecule has 0 saturated heterocycles. The molecular formula is C18H11BrF3NO2. The highest BCUT2D eigenvalue weighted by Gasteiger charge is 2.30. The molecule has 0 aliphatic heterocycles. The third-order valence-electron chi connectivity index (χ3n) is 3.41. The van der Waals surface area contributed by atoms with Crippen molar-refractivity contribution in [3.63, 3.8) is 0 Å². The first-order valence-corrected chi connectivity index (χ1v) is 7.96. The van der Waals surface area contributed by atoms with Crippen LogP contribution in [0.25, 0.3) is 11.3 Å². The number of hydrogen-bond donors (Lipinski definition) is 1. The predicted octanol–water partition coefficient (Wildman–Crippen LogP) is 5.98. The number of alkyl halides is 3. The van der Waals surface area contributed by atoms with E-state index in [1.165, 1.54) is 24.3 Å². The van der Waals surface area contributed by atoms with Crippen LogP contribution in [0.2, 0.25) is 0 Å². The van der Waals surface area contributed by atoms with Gasteiger partial charge in [0.05, 0.1) is 5.56 Å². The highest BCUT2D eigenvalue weighted by molar-refractivity contribution is 9.10. The van der Waals surface area contributed by atoms with Gasteiger partial charge in [0, 0.05) is 15.7 Å². The number of carbonyl (C=O) groups excluding carboxylic acids is 1. The molecule has 3 nitrogen and oxygen atoms in total. The summed E-state index contributed by atoms with van der Waals surface area (Å²) in [5.74, 6) is -0.289. The number of nitrogens with one attached hydrogen (secondary N) is 1. The Bertz CT molecular complexity index is 901. The Hall–Kier alpha value is -2.54. The first-order chi connectivity index (χ1) is 11.8. The van der Waals surface area contributed by atoms with Crippen molar-refractivity contribution in [2.24, 2.45) is 0 Å². The average molecular weight is 410 g/mol. The monoisotopic (exact) mass is 409 g/mol. The number of benzene rings is 2. The van der Waals surface area contributed by atoms with E-state index in [0.29, 0.717) is 5.69 Å². The minimum absolute atomic E-state index is 0.00957. The second-order valence-electron chi connectivity index (χ2n) is 5.20. The molecule has 0 unspecified atom stereocenters. The minimum Gasteiger partial charge on any atom is -0.451 e. The minimum atomic E-state index is -4.44. The van der Waals surface area contributed by atoms with E-state index in [2.05, 4.69) is 21.2 Å². The van der Waals surface area contributed by atoms with Gasteiger partial charge in [-0.2, -0.15) is 13.2 Å². The van der Waals surface area contributed by atoms with E-state index in [9.17, 15) is 18.0 Å². The Balaban J connectivity index is 1.80. The number of furan rings is 1. The molecular weight excluding hydrogens is 399 g/mol. The number of anilines is 1. The van der Waals surface area contributed by atoms with E-state index >= 15 is 0 Å². The van der Waals surface area contributed by atoms with Crippen LogP contribution in [-0.4, -0.2) is 5.91 Å². The first kappa shape index (κ1) is 17.3. The van der Waals surface area contributed by atoms with E-state index < -0.39 is 17.6 Å². The molecule has 0 aliphatic carbocycles. The predicted molar refractivity (Wildman–Crippen MR) is 91.2 cm³/mol. The summed E-state index contributed by atoms with van der Waals surface area (Å²) in [4.78, 5) is 12.2. The summed E-state index contributed by atoms with van der Waals surface area (Å²) in [7, 11) is 0. The van der Waals surface area contributed by atoms with Crippen LogP contribution in [0.4, 0.5) is 18.9 Å². The van der Waals surface area contributed by atoms with Crippen LogP contribution in [0, 0.1) is 0 Å². The molecule has 2 aromatic carbocycles. The number of rotatable bonds is 3. The first-order valence-electron chi connectivity index (χ1n) is 7.17. The van der Waals surface area contributed by atoms with Gasteiger partial charge >= 0.3 is 6.18 Å². The molecule has 0 saturated carbocycles. The molecule has 1 aromatic heterocycles. The maximum Gasteiger partial charge on any atom is 0.416 e. The number of hydrogen-bond acceptors (Lipinski definition) is 2. The lowest BCUT2D eigenvalue weighted by molar-refractivity contribution is -0.137. The molecule has 128 valence electrons. The van der Waals surface area contributed by atoms with Crippen LogP contribution in [0.5, 0.6) is 0 Å². The highest BCUT2D eigenvalue weighted by atomic mass is 79.9. The Kier molecular flexibility index (Phi) is 4.67. The van der Waals surface area contributed by atoms with Gasteiger partial charge in [-0.25, -0.2) is 0 Å². The van der Waals surface area contributed by atoms with Crippen molar-refractivity contribution in [3.8, 4) is 11.3 Å². The molecule has 7 heteroatoms. The summed E-state index contributed by atoms with van der Waals surface area (Å²) >= 11 is 3.29. The third-order valence-corrected chi connectivity index (χ3v) is 3.93.